The molecule has 3 aromatic rings. The molecule has 1 aliphatic heterocycles. The summed E-state index contributed by atoms with van der Waals surface area (Å²) in [4.78, 5) is 16.7. The molecule has 0 unspecified atom stereocenters. The summed E-state index contributed by atoms with van der Waals surface area (Å²) in [6, 6.07) is 17.5. The van der Waals surface area contributed by atoms with Gasteiger partial charge in [-0.15, -0.1) is 5.10 Å². The van der Waals surface area contributed by atoms with Crippen LogP contribution in [0.1, 0.15) is 23.6 Å². The van der Waals surface area contributed by atoms with E-state index in [0.29, 0.717) is 18.1 Å². The summed E-state index contributed by atoms with van der Waals surface area (Å²) in [6.45, 7) is 4.04. The molecule has 0 bridgehead atoms. The van der Waals surface area contributed by atoms with Crippen LogP contribution in [0, 0.1) is 0 Å². The van der Waals surface area contributed by atoms with Crippen molar-refractivity contribution < 1.29 is 9.53 Å². The highest BCUT2D eigenvalue weighted by atomic mass is 16.5. The number of hydrogen-bond acceptors (Lipinski definition) is 5. The predicted molar refractivity (Wildman–Crippen MR) is 113 cm³/mol. The van der Waals surface area contributed by atoms with Crippen LogP contribution >= 0.6 is 0 Å². The smallest absolute Gasteiger partial charge is 0.250 e. The van der Waals surface area contributed by atoms with Gasteiger partial charge < -0.3 is 10.1 Å². The molecule has 1 atom stereocenters. The Morgan fingerprint density at radius 3 is 2.79 bits per heavy atom. The molecule has 0 saturated heterocycles. The lowest BCUT2D eigenvalue weighted by molar-refractivity contribution is -0.111. The number of allylic oxidation sites excluding steroid dienone is 1. The van der Waals surface area contributed by atoms with Gasteiger partial charge in [0.05, 0.1) is 13.2 Å². The normalized spacial score (nSPS) is 15.6. The number of carbonyl (C=O) groups is 1. The molecule has 0 radical (unpaired) electrons. The second-order valence-electron chi connectivity index (χ2n) is 6.63. The maximum Gasteiger partial charge on any atom is 0.250 e. The fourth-order valence-corrected chi connectivity index (χ4v) is 3.26. The molecule has 1 aliphatic rings. The third-order valence-electron chi connectivity index (χ3n) is 4.63. The van der Waals surface area contributed by atoms with Gasteiger partial charge in [0.2, 0.25) is 5.95 Å². The van der Waals surface area contributed by atoms with Crippen LogP contribution < -0.4 is 15.4 Å². The minimum atomic E-state index is -0.325. The van der Waals surface area contributed by atoms with Crippen LogP contribution in [0.4, 0.5) is 11.9 Å². The highest BCUT2D eigenvalue weighted by molar-refractivity contribution is 6.01. The van der Waals surface area contributed by atoms with Crippen molar-refractivity contribution in [3.63, 3.8) is 0 Å². The minimum absolute atomic E-state index is 0.0257. The summed E-state index contributed by atoms with van der Waals surface area (Å²) in [5.74, 6) is 1.16. The molecule has 7 nitrogen and oxygen atoms in total. The van der Waals surface area contributed by atoms with Crippen molar-refractivity contribution in [2.24, 2.45) is 0 Å². The van der Waals surface area contributed by atoms with Gasteiger partial charge in [0.25, 0.3) is 11.9 Å². The molecule has 7 heteroatoms. The standard InChI is InChI=1S/C22H21N5O2/c1-15-14-18(16-8-4-3-5-9-16)27-22(23-15)25-21(26-27)24-20(28)13-12-17-10-6-7-11-19(17)29-2/h3-13,18H,1,14H2,2H3,(H2,23,24,25,26,28)/b13-12-/t18-/m1/s1. The first-order valence-electron chi connectivity index (χ1n) is 9.22. The predicted octanol–water partition coefficient (Wildman–Crippen LogP) is 3.86. The molecule has 1 amide bonds. The number of aromatic nitrogens is 3. The fraction of sp³-hybridized carbons (Fsp3) is 0.136. The number of anilines is 2. The number of methoxy groups -OCH3 is 1. The number of carbonyl (C=O) groups excluding carboxylic acids is 1. The summed E-state index contributed by atoms with van der Waals surface area (Å²) in [7, 11) is 1.59. The molecule has 2 heterocycles. The summed E-state index contributed by atoms with van der Waals surface area (Å²) >= 11 is 0. The van der Waals surface area contributed by atoms with Crippen LogP contribution in [0.15, 0.2) is 72.9 Å². The number of nitrogens with one attached hydrogen (secondary N) is 2. The zero-order valence-corrected chi connectivity index (χ0v) is 16.0. The lowest BCUT2D eigenvalue weighted by Crippen LogP contribution is -2.23. The van der Waals surface area contributed by atoms with E-state index in [1.54, 1.807) is 17.9 Å². The van der Waals surface area contributed by atoms with Crippen LogP contribution in [-0.4, -0.2) is 27.8 Å². The van der Waals surface area contributed by atoms with Gasteiger partial charge >= 0.3 is 0 Å². The highest BCUT2D eigenvalue weighted by Crippen LogP contribution is 2.32. The first kappa shape index (κ1) is 18.5. The SMILES string of the molecule is C=C1C[C@H](c2ccccc2)n2nc(NC(=O)/C=C\c3ccccc3OC)nc2N1. The van der Waals surface area contributed by atoms with E-state index >= 15 is 0 Å². The Bertz CT molecular complexity index is 1070. The molecule has 2 aromatic carbocycles. The first-order valence-corrected chi connectivity index (χ1v) is 9.22. The summed E-state index contributed by atoms with van der Waals surface area (Å²) < 4.78 is 7.07. The lowest BCUT2D eigenvalue weighted by Gasteiger charge is -2.26. The van der Waals surface area contributed by atoms with E-state index < -0.39 is 0 Å². The number of para-hydroxylation sites is 1. The monoisotopic (exact) mass is 387 g/mol. The van der Waals surface area contributed by atoms with Gasteiger partial charge in [-0.05, 0) is 17.7 Å². The molecule has 2 N–H and O–H groups in total. The molecule has 0 fully saturated rings. The van der Waals surface area contributed by atoms with E-state index in [-0.39, 0.29) is 17.9 Å². The first-order chi connectivity index (χ1) is 14.1. The number of amides is 1. The van der Waals surface area contributed by atoms with Crippen LogP contribution in [-0.2, 0) is 4.79 Å². The Balaban J connectivity index is 1.53. The Morgan fingerprint density at radius 1 is 1.24 bits per heavy atom. The third kappa shape index (κ3) is 4.03. The maximum absolute atomic E-state index is 12.3. The van der Waals surface area contributed by atoms with Crippen molar-refractivity contribution in [2.75, 3.05) is 17.7 Å². The van der Waals surface area contributed by atoms with E-state index in [4.69, 9.17) is 4.74 Å². The number of ether oxygens (including phenoxy) is 1. The molecule has 146 valence electrons. The summed E-state index contributed by atoms with van der Waals surface area (Å²) in [5.41, 5.74) is 2.77. The zero-order valence-electron chi connectivity index (χ0n) is 16.0. The van der Waals surface area contributed by atoms with Gasteiger partial charge in [-0.1, -0.05) is 55.1 Å². The fourth-order valence-electron chi connectivity index (χ4n) is 3.26. The van der Waals surface area contributed by atoms with Gasteiger partial charge in [-0.2, -0.15) is 4.98 Å². The van der Waals surface area contributed by atoms with Gasteiger partial charge in [0.15, 0.2) is 0 Å². The Kier molecular flexibility index (Phi) is 5.11. The van der Waals surface area contributed by atoms with Gasteiger partial charge in [-0.3, -0.25) is 10.1 Å². The van der Waals surface area contributed by atoms with Crippen LogP contribution in [0.5, 0.6) is 5.75 Å². The van der Waals surface area contributed by atoms with E-state index in [9.17, 15) is 4.79 Å². The molecule has 1 aromatic heterocycles. The Labute approximate surface area is 168 Å². The molecule has 0 saturated carbocycles. The molecule has 4 rings (SSSR count). The lowest BCUT2D eigenvalue weighted by atomic mass is 10.0. The van der Waals surface area contributed by atoms with Crippen molar-refractivity contribution >= 4 is 23.9 Å². The zero-order chi connectivity index (χ0) is 20.2. The minimum Gasteiger partial charge on any atom is -0.496 e. The second-order valence-corrected chi connectivity index (χ2v) is 6.63. The molecular formula is C22H21N5O2. The molecular weight excluding hydrogens is 366 g/mol. The topological polar surface area (TPSA) is 81.1 Å². The number of rotatable bonds is 5. The number of fused-ring (bicyclic) bond motifs is 1. The third-order valence-corrected chi connectivity index (χ3v) is 4.63. The molecule has 0 aliphatic carbocycles. The Hall–Kier alpha value is -3.87. The quantitative estimate of drug-likeness (QED) is 0.650. The largest absolute Gasteiger partial charge is 0.496 e. The number of benzene rings is 2. The number of nitrogens with zero attached hydrogens (tertiary/aromatic N) is 3. The summed E-state index contributed by atoms with van der Waals surface area (Å²) in [6.07, 6.45) is 3.82. The molecule has 0 spiro atoms. The van der Waals surface area contributed by atoms with Crippen molar-refractivity contribution in [1.82, 2.24) is 14.8 Å². The highest BCUT2D eigenvalue weighted by Gasteiger charge is 2.26. The van der Waals surface area contributed by atoms with Crippen molar-refractivity contribution in [2.45, 2.75) is 12.5 Å². The molecule has 29 heavy (non-hydrogen) atoms. The van der Waals surface area contributed by atoms with E-state index in [1.165, 1.54) is 6.08 Å². The second kappa shape index (κ2) is 8.02. The Morgan fingerprint density at radius 2 is 2.00 bits per heavy atom. The average Bonchev–Trinajstić information content (AvgIpc) is 3.14. The summed E-state index contributed by atoms with van der Waals surface area (Å²) in [5, 5.41) is 10.3. The van der Waals surface area contributed by atoms with E-state index in [0.717, 1.165) is 16.8 Å². The van der Waals surface area contributed by atoms with Crippen LogP contribution in [0.25, 0.3) is 6.08 Å². The maximum atomic E-state index is 12.3. The van der Waals surface area contributed by atoms with Crippen molar-refractivity contribution in [1.29, 1.82) is 0 Å². The van der Waals surface area contributed by atoms with Gasteiger partial charge in [-0.25, -0.2) is 4.68 Å². The average molecular weight is 387 g/mol. The van der Waals surface area contributed by atoms with Crippen LogP contribution in [0.3, 0.4) is 0 Å². The van der Waals surface area contributed by atoms with Crippen molar-refractivity contribution in [3.05, 3.63) is 84.1 Å². The van der Waals surface area contributed by atoms with Crippen LogP contribution in [0.2, 0.25) is 0 Å². The number of hydrogen-bond donors (Lipinski definition) is 2. The van der Waals surface area contributed by atoms with Gasteiger partial charge in [0.1, 0.15) is 5.75 Å². The van der Waals surface area contributed by atoms with E-state index in [2.05, 4.69) is 27.3 Å². The van der Waals surface area contributed by atoms with Crippen molar-refractivity contribution in [3.8, 4) is 5.75 Å². The van der Waals surface area contributed by atoms with Gasteiger partial charge in [0, 0.05) is 23.8 Å². The van der Waals surface area contributed by atoms with E-state index in [1.807, 2.05) is 54.6 Å².